The average molecular weight is 327 g/mol. The standard InChI is InChI=1S/C13H15BrN2O3/c1-2-19-11(17)8-3-4-10(9(14)7-8)16-12(18)13(15)5-6-13/h3-4,7H,2,5-6,15H2,1H3,(H,16,18). The molecule has 0 aromatic heterocycles. The van der Waals surface area contributed by atoms with Gasteiger partial charge in [-0.1, -0.05) is 0 Å². The molecular weight excluding hydrogens is 312 g/mol. The van der Waals surface area contributed by atoms with Gasteiger partial charge in [-0.15, -0.1) is 0 Å². The van der Waals surface area contributed by atoms with Gasteiger partial charge in [-0.2, -0.15) is 0 Å². The minimum absolute atomic E-state index is 0.197. The molecule has 0 aliphatic heterocycles. The van der Waals surface area contributed by atoms with Crippen LogP contribution in [0.1, 0.15) is 30.1 Å². The number of carbonyl (C=O) groups is 2. The number of rotatable bonds is 4. The molecule has 0 saturated heterocycles. The summed E-state index contributed by atoms with van der Waals surface area (Å²) in [5.74, 6) is -0.587. The molecule has 1 aromatic rings. The summed E-state index contributed by atoms with van der Waals surface area (Å²) >= 11 is 3.32. The van der Waals surface area contributed by atoms with Crippen molar-refractivity contribution >= 4 is 33.5 Å². The molecular formula is C13H15BrN2O3. The molecule has 2 rings (SSSR count). The predicted molar refractivity (Wildman–Crippen MR) is 74.9 cm³/mol. The Bertz CT molecular complexity index is 527. The molecule has 1 aromatic carbocycles. The number of hydrogen-bond donors (Lipinski definition) is 2. The van der Waals surface area contributed by atoms with Gasteiger partial charge in [0.1, 0.15) is 0 Å². The normalized spacial score (nSPS) is 15.7. The number of nitrogens with two attached hydrogens (primary N) is 1. The van der Waals surface area contributed by atoms with E-state index in [1.54, 1.807) is 25.1 Å². The SMILES string of the molecule is CCOC(=O)c1ccc(NC(=O)C2(N)CC2)c(Br)c1. The smallest absolute Gasteiger partial charge is 0.338 e. The number of nitrogens with one attached hydrogen (secondary N) is 1. The van der Waals surface area contributed by atoms with Crippen LogP contribution in [0.5, 0.6) is 0 Å². The van der Waals surface area contributed by atoms with Gasteiger partial charge in [0.15, 0.2) is 0 Å². The summed E-state index contributed by atoms with van der Waals surface area (Å²) in [5.41, 5.74) is 6.10. The lowest BCUT2D eigenvalue weighted by molar-refractivity contribution is -0.118. The van der Waals surface area contributed by atoms with Gasteiger partial charge in [0.25, 0.3) is 0 Å². The van der Waals surface area contributed by atoms with Crippen molar-refractivity contribution in [1.82, 2.24) is 0 Å². The zero-order chi connectivity index (χ0) is 14.0. The van der Waals surface area contributed by atoms with E-state index < -0.39 is 11.5 Å². The van der Waals surface area contributed by atoms with Crippen molar-refractivity contribution in [1.29, 1.82) is 0 Å². The first-order valence-electron chi connectivity index (χ1n) is 6.03. The van der Waals surface area contributed by atoms with Gasteiger partial charge < -0.3 is 15.8 Å². The summed E-state index contributed by atoms with van der Waals surface area (Å²) in [6.45, 7) is 2.07. The Kier molecular flexibility index (Phi) is 3.91. The first kappa shape index (κ1) is 14.0. The quantitative estimate of drug-likeness (QED) is 0.830. The van der Waals surface area contributed by atoms with Crippen LogP contribution in [0.3, 0.4) is 0 Å². The maximum absolute atomic E-state index is 11.8. The Balaban J connectivity index is 2.11. The number of benzene rings is 1. The van der Waals surface area contributed by atoms with Crippen molar-refractivity contribution < 1.29 is 14.3 Å². The van der Waals surface area contributed by atoms with E-state index in [2.05, 4.69) is 21.2 Å². The summed E-state index contributed by atoms with van der Waals surface area (Å²) in [5, 5.41) is 2.75. The fourth-order valence-corrected chi connectivity index (χ4v) is 2.04. The van der Waals surface area contributed by atoms with Crippen molar-refractivity contribution in [3.63, 3.8) is 0 Å². The monoisotopic (exact) mass is 326 g/mol. The molecule has 19 heavy (non-hydrogen) atoms. The summed E-state index contributed by atoms with van der Waals surface area (Å²) in [4.78, 5) is 23.4. The third kappa shape index (κ3) is 3.13. The fourth-order valence-electron chi connectivity index (χ4n) is 1.57. The molecule has 0 bridgehead atoms. The topological polar surface area (TPSA) is 81.4 Å². The van der Waals surface area contributed by atoms with Crippen LogP contribution in [-0.4, -0.2) is 24.0 Å². The van der Waals surface area contributed by atoms with E-state index in [0.717, 1.165) is 0 Å². The zero-order valence-electron chi connectivity index (χ0n) is 10.5. The maximum atomic E-state index is 11.8. The Morgan fingerprint density at radius 2 is 2.16 bits per heavy atom. The van der Waals surface area contributed by atoms with Crippen LogP contribution in [0.25, 0.3) is 0 Å². The molecule has 3 N–H and O–H groups in total. The first-order valence-corrected chi connectivity index (χ1v) is 6.82. The van der Waals surface area contributed by atoms with E-state index in [1.807, 2.05) is 0 Å². The van der Waals surface area contributed by atoms with Gasteiger partial charge in [-0.05, 0) is 53.9 Å². The van der Waals surface area contributed by atoms with Gasteiger partial charge in [0.2, 0.25) is 5.91 Å². The number of halogens is 1. The van der Waals surface area contributed by atoms with Crippen LogP contribution in [0.2, 0.25) is 0 Å². The summed E-state index contributed by atoms with van der Waals surface area (Å²) < 4.78 is 5.52. The first-order chi connectivity index (χ1) is 8.96. The molecule has 6 heteroatoms. The lowest BCUT2D eigenvalue weighted by Gasteiger charge is -2.12. The number of anilines is 1. The zero-order valence-corrected chi connectivity index (χ0v) is 12.1. The van der Waals surface area contributed by atoms with Crippen molar-refractivity contribution in [3.05, 3.63) is 28.2 Å². The molecule has 0 atom stereocenters. The van der Waals surface area contributed by atoms with Gasteiger partial charge in [0, 0.05) is 4.47 Å². The van der Waals surface area contributed by atoms with E-state index in [1.165, 1.54) is 0 Å². The maximum Gasteiger partial charge on any atom is 0.338 e. The minimum Gasteiger partial charge on any atom is -0.462 e. The van der Waals surface area contributed by atoms with Crippen molar-refractivity contribution in [2.45, 2.75) is 25.3 Å². The highest BCUT2D eigenvalue weighted by atomic mass is 79.9. The van der Waals surface area contributed by atoms with Crippen molar-refractivity contribution in [2.24, 2.45) is 5.73 Å². The molecule has 1 saturated carbocycles. The van der Waals surface area contributed by atoms with Crippen LogP contribution >= 0.6 is 15.9 Å². The van der Waals surface area contributed by atoms with Crippen LogP contribution in [-0.2, 0) is 9.53 Å². The molecule has 1 aliphatic carbocycles. The molecule has 1 amide bonds. The second-order valence-corrected chi connectivity index (χ2v) is 5.38. The second kappa shape index (κ2) is 5.30. The Labute approximate surface area is 119 Å². The van der Waals surface area contributed by atoms with Gasteiger partial charge in [-0.25, -0.2) is 4.79 Å². The Morgan fingerprint density at radius 3 is 2.68 bits per heavy atom. The van der Waals surface area contributed by atoms with Gasteiger partial charge >= 0.3 is 5.97 Å². The second-order valence-electron chi connectivity index (χ2n) is 4.53. The van der Waals surface area contributed by atoms with Crippen molar-refractivity contribution in [3.8, 4) is 0 Å². The minimum atomic E-state index is -0.723. The van der Waals surface area contributed by atoms with E-state index in [0.29, 0.717) is 35.2 Å². The molecule has 102 valence electrons. The highest BCUT2D eigenvalue weighted by molar-refractivity contribution is 9.10. The molecule has 0 spiro atoms. The number of ether oxygens (including phenoxy) is 1. The average Bonchev–Trinajstić information content (AvgIpc) is 3.11. The number of amides is 1. The molecule has 1 aliphatic rings. The summed E-state index contributed by atoms with van der Waals surface area (Å²) in [6.07, 6.45) is 1.41. The number of hydrogen-bond acceptors (Lipinski definition) is 4. The Morgan fingerprint density at radius 1 is 1.47 bits per heavy atom. The van der Waals surface area contributed by atoms with E-state index in [-0.39, 0.29) is 5.91 Å². The number of carbonyl (C=O) groups excluding carboxylic acids is 2. The predicted octanol–water partition coefficient (Wildman–Crippen LogP) is 2.06. The van der Waals surface area contributed by atoms with Crippen LogP contribution < -0.4 is 11.1 Å². The lowest BCUT2D eigenvalue weighted by atomic mass is 10.2. The molecule has 5 nitrogen and oxygen atoms in total. The van der Waals surface area contributed by atoms with E-state index >= 15 is 0 Å². The third-order valence-corrected chi connectivity index (χ3v) is 3.63. The number of esters is 1. The van der Waals surface area contributed by atoms with Crippen molar-refractivity contribution in [2.75, 3.05) is 11.9 Å². The van der Waals surface area contributed by atoms with E-state index in [4.69, 9.17) is 10.5 Å². The van der Waals surface area contributed by atoms with Crippen LogP contribution in [0.15, 0.2) is 22.7 Å². The largest absolute Gasteiger partial charge is 0.462 e. The fraction of sp³-hybridized carbons (Fsp3) is 0.385. The van der Waals surface area contributed by atoms with Gasteiger partial charge in [0.05, 0.1) is 23.4 Å². The molecule has 0 unspecified atom stereocenters. The summed E-state index contributed by atoms with van der Waals surface area (Å²) in [7, 11) is 0. The molecule has 0 heterocycles. The molecule has 0 radical (unpaired) electrons. The summed E-state index contributed by atoms with van der Waals surface area (Å²) in [6, 6.07) is 4.87. The van der Waals surface area contributed by atoms with Crippen LogP contribution in [0.4, 0.5) is 5.69 Å². The van der Waals surface area contributed by atoms with E-state index in [9.17, 15) is 9.59 Å². The third-order valence-electron chi connectivity index (χ3n) is 2.97. The highest BCUT2D eigenvalue weighted by Crippen LogP contribution is 2.34. The highest BCUT2D eigenvalue weighted by Gasteiger charge is 2.46. The Hall–Kier alpha value is -1.40. The van der Waals surface area contributed by atoms with Crippen LogP contribution in [0, 0.1) is 0 Å². The van der Waals surface area contributed by atoms with Gasteiger partial charge in [-0.3, -0.25) is 4.79 Å². The molecule has 1 fully saturated rings. The lowest BCUT2D eigenvalue weighted by Crippen LogP contribution is -2.37.